The Kier molecular flexibility index (Phi) is 8.83. The molecule has 2 aliphatic rings. The fourth-order valence-corrected chi connectivity index (χ4v) is 10.8. The molecule has 0 bridgehead atoms. The van der Waals surface area contributed by atoms with E-state index in [9.17, 15) is 0 Å². The molecule has 10 aromatic rings. The maximum Gasteiger partial charge on any atom is 0.0710 e. The number of nitrogens with zero attached hydrogens (tertiary/aromatic N) is 1. The highest BCUT2D eigenvalue weighted by atomic mass is 15.1. The lowest BCUT2D eigenvalue weighted by Crippen LogP contribution is -2.29. The fraction of sp³-hybridized carbons (Fsp3) is 0.0645. The highest BCUT2D eigenvalue weighted by molar-refractivity contribution is 6.13. The predicted octanol–water partition coefficient (Wildman–Crippen LogP) is 16.6. The van der Waals surface area contributed by atoms with Crippen molar-refractivity contribution in [3.63, 3.8) is 0 Å². The molecule has 0 amide bonds. The number of rotatable bonds is 7. The lowest BCUT2D eigenvalue weighted by Gasteiger charge is -2.36. The van der Waals surface area contributed by atoms with E-state index in [0.717, 1.165) is 23.5 Å². The molecule has 2 atom stereocenters. The normalized spacial score (nSPS) is 16.7. The zero-order valence-corrected chi connectivity index (χ0v) is 35.2. The van der Waals surface area contributed by atoms with Crippen LogP contribution < -0.4 is 4.90 Å². The van der Waals surface area contributed by atoms with E-state index in [2.05, 4.69) is 248 Å². The SMILES string of the molecule is CC1C=C2C(=CC1)C(c1ccccc1)(c1ccc(N(c3ccc(-c4cccc5ccccc45)cc3)c3ccccc3-c3cccc4c3ccc3ccccc34)cc1)c1ccccc12. The lowest BCUT2D eigenvalue weighted by molar-refractivity contribution is 0.704. The van der Waals surface area contributed by atoms with Crippen LogP contribution in [0.25, 0.3) is 60.1 Å². The Balaban J connectivity index is 1.05. The quantitative estimate of drug-likeness (QED) is 0.145. The van der Waals surface area contributed by atoms with E-state index in [1.807, 2.05) is 0 Å². The summed E-state index contributed by atoms with van der Waals surface area (Å²) in [6, 6.07) is 83.1. The van der Waals surface area contributed by atoms with Crippen LogP contribution in [0.2, 0.25) is 0 Å². The van der Waals surface area contributed by atoms with Crippen LogP contribution in [0.1, 0.15) is 35.6 Å². The van der Waals surface area contributed by atoms with E-state index < -0.39 is 5.41 Å². The third-order valence-corrected chi connectivity index (χ3v) is 13.7. The molecule has 0 spiro atoms. The molecule has 2 unspecified atom stereocenters. The van der Waals surface area contributed by atoms with Gasteiger partial charge in [0, 0.05) is 16.9 Å². The van der Waals surface area contributed by atoms with Gasteiger partial charge in [0.2, 0.25) is 0 Å². The van der Waals surface area contributed by atoms with E-state index in [1.165, 1.54) is 88.0 Å². The summed E-state index contributed by atoms with van der Waals surface area (Å²) in [6.07, 6.45) is 6.06. The molecule has 1 heteroatoms. The molecule has 10 aromatic carbocycles. The summed E-state index contributed by atoms with van der Waals surface area (Å²) in [5.74, 6) is 0.492. The summed E-state index contributed by atoms with van der Waals surface area (Å²) in [4.78, 5) is 2.45. The Morgan fingerprint density at radius 2 is 0.984 bits per heavy atom. The molecule has 0 heterocycles. The minimum Gasteiger partial charge on any atom is -0.310 e. The minimum atomic E-state index is -0.434. The molecule has 63 heavy (non-hydrogen) atoms. The fourth-order valence-electron chi connectivity index (χ4n) is 10.8. The van der Waals surface area contributed by atoms with Crippen LogP contribution >= 0.6 is 0 Å². The number of para-hydroxylation sites is 1. The smallest absolute Gasteiger partial charge is 0.0710 e. The van der Waals surface area contributed by atoms with Gasteiger partial charge in [-0.25, -0.2) is 0 Å². The van der Waals surface area contributed by atoms with Crippen LogP contribution in [0.3, 0.4) is 0 Å². The van der Waals surface area contributed by atoms with Gasteiger partial charge in [-0.3, -0.25) is 0 Å². The monoisotopic (exact) mass is 803 g/mol. The van der Waals surface area contributed by atoms with Gasteiger partial charge in [0.05, 0.1) is 11.1 Å². The highest BCUT2D eigenvalue weighted by Gasteiger charge is 2.48. The van der Waals surface area contributed by atoms with E-state index in [0.29, 0.717) is 5.92 Å². The minimum absolute atomic E-state index is 0.434. The molecule has 2 aliphatic carbocycles. The second-order valence-electron chi connectivity index (χ2n) is 17.2. The van der Waals surface area contributed by atoms with E-state index in [-0.39, 0.29) is 0 Å². The maximum absolute atomic E-state index is 2.52. The topological polar surface area (TPSA) is 3.24 Å². The van der Waals surface area contributed by atoms with Crippen LogP contribution in [0.15, 0.2) is 242 Å². The van der Waals surface area contributed by atoms with Crippen molar-refractivity contribution in [2.24, 2.45) is 5.92 Å². The molecule has 0 radical (unpaired) electrons. The van der Waals surface area contributed by atoms with Crippen LogP contribution in [0.5, 0.6) is 0 Å². The van der Waals surface area contributed by atoms with Gasteiger partial charge < -0.3 is 4.90 Å². The average molecular weight is 804 g/mol. The first kappa shape index (κ1) is 37.1. The van der Waals surface area contributed by atoms with E-state index in [1.54, 1.807) is 0 Å². The number of fused-ring (bicyclic) bond motifs is 7. The maximum atomic E-state index is 2.52. The molecule has 0 aliphatic heterocycles. The Morgan fingerprint density at radius 1 is 0.413 bits per heavy atom. The van der Waals surface area contributed by atoms with Crippen LogP contribution in [0, 0.1) is 5.92 Å². The van der Waals surface area contributed by atoms with Gasteiger partial charge in [-0.05, 0) is 125 Å². The first-order valence-corrected chi connectivity index (χ1v) is 22.2. The van der Waals surface area contributed by atoms with Crippen molar-refractivity contribution in [3.8, 4) is 22.3 Å². The standard InChI is InChI=1S/C62H45N/c1-42-29-40-60-58(41-42)56-22-9-11-27-59(56)62(60,46-18-3-2-4-19-46)47-33-37-49(38-34-47)63(48-35-30-45(31-36-48)51-24-13-17-43-15-5-7-20-50(43)51)61-28-12-10-23-57(61)54-26-14-25-53-52-21-8-6-16-44(52)32-39-55(53)54/h2-28,30-42H,29H2,1H3. The number of allylic oxidation sites excluding steroid dienone is 4. The van der Waals surface area contributed by atoms with Crippen molar-refractivity contribution in [2.75, 3.05) is 4.90 Å². The van der Waals surface area contributed by atoms with Crippen molar-refractivity contribution < 1.29 is 0 Å². The third kappa shape index (κ3) is 5.92. The molecule has 12 rings (SSSR count). The van der Waals surface area contributed by atoms with Gasteiger partial charge in [-0.1, -0.05) is 213 Å². The van der Waals surface area contributed by atoms with Crippen molar-refractivity contribution in [2.45, 2.75) is 18.8 Å². The van der Waals surface area contributed by atoms with Gasteiger partial charge in [-0.15, -0.1) is 0 Å². The molecule has 0 saturated carbocycles. The first-order valence-electron chi connectivity index (χ1n) is 22.2. The zero-order valence-electron chi connectivity index (χ0n) is 35.2. The highest BCUT2D eigenvalue weighted by Crippen LogP contribution is 2.59. The molecular formula is C62H45N. The van der Waals surface area contributed by atoms with Crippen molar-refractivity contribution in [1.29, 1.82) is 0 Å². The van der Waals surface area contributed by atoms with Gasteiger partial charge in [0.1, 0.15) is 0 Å². The summed E-state index contributed by atoms with van der Waals surface area (Å²) < 4.78 is 0. The largest absolute Gasteiger partial charge is 0.310 e. The van der Waals surface area contributed by atoms with Crippen molar-refractivity contribution in [3.05, 3.63) is 264 Å². The summed E-state index contributed by atoms with van der Waals surface area (Å²) in [6.45, 7) is 2.33. The Morgan fingerprint density at radius 3 is 1.79 bits per heavy atom. The summed E-state index contributed by atoms with van der Waals surface area (Å²) >= 11 is 0. The van der Waals surface area contributed by atoms with Gasteiger partial charge in [-0.2, -0.15) is 0 Å². The second-order valence-corrected chi connectivity index (χ2v) is 17.2. The number of anilines is 3. The number of benzene rings is 10. The molecular weight excluding hydrogens is 759 g/mol. The molecule has 0 N–H and O–H groups in total. The number of hydrogen-bond acceptors (Lipinski definition) is 1. The van der Waals surface area contributed by atoms with E-state index >= 15 is 0 Å². The summed E-state index contributed by atoms with van der Waals surface area (Å²) in [7, 11) is 0. The van der Waals surface area contributed by atoms with Gasteiger partial charge >= 0.3 is 0 Å². The Hall–Kier alpha value is -7.74. The van der Waals surface area contributed by atoms with Gasteiger partial charge in [0.25, 0.3) is 0 Å². The molecule has 1 nitrogen and oxygen atoms in total. The Labute approximate surface area is 369 Å². The average Bonchev–Trinajstić information content (AvgIpc) is 3.64. The lowest BCUT2D eigenvalue weighted by atomic mass is 9.66. The number of hydrogen-bond donors (Lipinski definition) is 0. The molecule has 0 aromatic heterocycles. The first-order chi connectivity index (χ1) is 31.2. The molecule has 0 saturated heterocycles. The van der Waals surface area contributed by atoms with E-state index in [4.69, 9.17) is 0 Å². The zero-order chi connectivity index (χ0) is 41.9. The van der Waals surface area contributed by atoms with Crippen molar-refractivity contribution >= 4 is 55.0 Å². The van der Waals surface area contributed by atoms with Crippen LogP contribution in [0.4, 0.5) is 17.1 Å². The Bertz CT molecular complexity index is 3420. The molecule has 298 valence electrons. The summed E-state index contributed by atoms with van der Waals surface area (Å²) in [5, 5.41) is 7.54. The van der Waals surface area contributed by atoms with Crippen LogP contribution in [-0.2, 0) is 5.41 Å². The van der Waals surface area contributed by atoms with Crippen molar-refractivity contribution in [1.82, 2.24) is 0 Å². The third-order valence-electron chi connectivity index (χ3n) is 13.7. The molecule has 0 fully saturated rings. The second kappa shape index (κ2) is 15.0. The predicted molar refractivity (Wildman–Crippen MR) is 267 cm³/mol. The van der Waals surface area contributed by atoms with Gasteiger partial charge in [0.15, 0.2) is 0 Å². The summed E-state index contributed by atoms with van der Waals surface area (Å²) in [5.41, 5.74) is 15.8. The van der Waals surface area contributed by atoms with Crippen LogP contribution in [-0.4, -0.2) is 0 Å².